The summed E-state index contributed by atoms with van der Waals surface area (Å²) < 4.78 is 0. The Morgan fingerprint density at radius 3 is 0.698 bits per heavy atom. The van der Waals surface area contributed by atoms with Crippen molar-refractivity contribution in [2.75, 3.05) is 19.6 Å². The van der Waals surface area contributed by atoms with Crippen molar-refractivity contribution in [3.8, 4) is 0 Å². The van der Waals surface area contributed by atoms with Crippen LogP contribution in [-0.4, -0.2) is 37.4 Å². The highest BCUT2D eigenvalue weighted by atomic mass is 16.2. The van der Waals surface area contributed by atoms with Gasteiger partial charge >= 0.3 is 0 Å². The van der Waals surface area contributed by atoms with Crippen LogP contribution in [0.2, 0.25) is 0 Å². The predicted molar refractivity (Wildman–Crippen MR) is 271 cm³/mol. The number of hydrogen-bond acceptors (Lipinski definition) is 3. The summed E-state index contributed by atoms with van der Waals surface area (Å²) in [4.78, 5) is 37.7. The number of hydrogen-bond donors (Lipinski definition) is 3. The molecule has 6 heteroatoms. The molecule has 0 aromatic heterocycles. The molecule has 3 N–H and O–H groups in total. The highest BCUT2D eigenvalue weighted by molar-refractivity contribution is 5.80. The molecular formula is C57H93N3O3. The molecule has 354 valence electrons. The van der Waals surface area contributed by atoms with Gasteiger partial charge in [-0.25, -0.2) is 0 Å². The van der Waals surface area contributed by atoms with Crippen molar-refractivity contribution < 1.29 is 14.4 Å². The minimum Gasteiger partial charge on any atom is -0.356 e. The first-order valence-corrected chi connectivity index (χ1v) is 23.7. The summed E-state index contributed by atoms with van der Waals surface area (Å²) in [6.07, 6.45) is 5.39. The van der Waals surface area contributed by atoms with Crippen molar-refractivity contribution in [1.82, 2.24) is 16.0 Å². The van der Waals surface area contributed by atoms with Gasteiger partial charge < -0.3 is 16.0 Å². The van der Waals surface area contributed by atoms with Crippen LogP contribution in [0.3, 0.4) is 0 Å². The van der Waals surface area contributed by atoms with E-state index in [1.54, 1.807) is 0 Å². The molecule has 3 aromatic rings. The summed E-state index contributed by atoms with van der Waals surface area (Å²) in [5, 5.41) is 9.38. The van der Waals surface area contributed by atoms with Crippen molar-refractivity contribution in [2.24, 2.45) is 50.2 Å². The molecular weight excluding hydrogens is 775 g/mol. The quantitative estimate of drug-likeness (QED) is 0.142. The molecule has 3 amide bonds. The number of nitrogens with one attached hydrogen (secondary N) is 3. The fraction of sp³-hybridized carbons (Fsp3) is 0.632. The van der Waals surface area contributed by atoms with Crippen LogP contribution in [0, 0.1) is 50.2 Å². The Kier molecular flexibility index (Phi) is 23.1. The van der Waals surface area contributed by atoms with Crippen molar-refractivity contribution in [2.45, 2.75) is 163 Å². The van der Waals surface area contributed by atoms with Crippen molar-refractivity contribution in [3.05, 3.63) is 108 Å². The Morgan fingerprint density at radius 1 is 0.349 bits per heavy atom. The second-order valence-electron chi connectivity index (χ2n) is 24.6. The normalized spacial score (nSPS) is 13.8. The minimum absolute atomic E-state index is 0.000122. The summed E-state index contributed by atoms with van der Waals surface area (Å²) in [5.74, 6) is 0.529. The van der Waals surface area contributed by atoms with Crippen LogP contribution in [-0.2, 0) is 33.6 Å². The zero-order valence-corrected chi connectivity index (χ0v) is 43.5. The molecule has 0 radical (unpaired) electrons. The van der Waals surface area contributed by atoms with Gasteiger partial charge in [0.15, 0.2) is 0 Å². The van der Waals surface area contributed by atoms with Gasteiger partial charge in [0.2, 0.25) is 17.7 Å². The fourth-order valence-corrected chi connectivity index (χ4v) is 6.98. The zero-order valence-electron chi connectivity index (χ0n) is 43.5. The Morgan fingerprint density at radius 2 is 0.540 bits per heavy atom. The van der Waals surface area contributed by atoms with E-state index in [1.165, 1.54) is 16.7 Å². The lowest BCUT2D eigenvalue weighted by Gasteiger charge is -2.30. The molecule has 3 aromatic carbocycles. The first-order valence-electron chi connectivity index (χ1n) is 23.7. The third kappa shape index (κ3) is 26.5. The Bertz CT molecular complexity index is 1520. The molecule has 6 nitrogen and oxygen atoms in total. The maximum Gasteiger partial charge on any atom is 0.223 e. The van der Waals surface area contributed by atoms with Gasteiger partial charge in [-0.2, -0.15) is 0 Å². The Balaban J connectivity index is 0.000000472. The molecule has 63 heavy (non-hydrogen) atoms. The molecule has 0 heterocycles. The van der Waals surface area contributed by atoms with Gasteiger partial charge in [0.05, 0.1) is 0 Å². The molecule has 3 atom stereocenters. The Labute approximate surface area is 387 Å². The number of amides is 3. The van der Waals surface area contributed by atoms with Crippen LogP contribution in [0.15, 0.2) is 91.0 Å². The van der Waals surface area contributed by atoms with E-state index in [4.69, 9.17) is 0 Å². The van der Waals surface area contributed by atoms with Gasteiger partial charge in [-0.05, 0) is 87.7 Å². The lowest BCUT2D eigenvalue weighted by Crippen LogP contribution is -2.40. The van der Waals surface area contributed by atoms with E-state index < -0.39 is 0 Å². The summed E-state index contributed by atoms with van der Waals surface area (Å²) in [7, 11) is 0. The Hall–Kier alpha value is -3.93. The van der Waals surface area contributed by atoms with E-state index in [2.05, 4.69) is 177 Å². The topological polar surface area (TPSA) is 87.3 Å². The van der Waals surface area contributed by atoms with Gasteiger partial charge in [-0.1, -0.05) is 216 Å². The van der Waals surface area contributed by atoms with Gasteiger partial charge in [0.25, 0.3) is 0 Å². The number of benzene rings is 3. The van der Waals surface area contributed by atoms with Crippen LogP contribution >= 0.6 is 0 Å². The lowest BCUT2D eigenvalue weighted by atomic mass is 9.76. The molecule has 0 saturated carbocycles. The first kappa shape index (κ1) is 57.1. The second kappa shape index (κ2) is 25.5. The summed E-state index contributed by atoms with van der Waals surface area (Å²) >= 11 is 0. The molecule has 0 spiro atoms. The smallest absolute Gasteiger partial charge is 0.223 e. The van der Waals surface area contributed by atoms with E-state index >= 15 is 0 Å². The van der Waals surface area contributed by atoms with Crippen LogP contribution in [0.5, 0.6) is 0 Å². The minimum atomic E-state index is -0.0400. The van der Waals surface area contributed by atoms with Gasteiger partial charge in [-0.15, -0.1) is 0 Å². The van der Waals surface area contributed by atoms with Gasteiger partial charge in [-0.3, -0.25) is 14.4 Å². The number of carbonyl (C=O) groups excluding carboxylic acids is 3. The maximum atomic E-state index is 12.6. The summed E-state index contributed by atoms with van der Waals surface area (Å²) in [5.41, 5.74) is 4.32. The van der Waals surface area contributed by atoms with E-state index in [1.807, 2.05) is 54.6 Å². The summed E-state index contributed by atoms with van der Waals surface area (Å²) in [6, 6.07) is 30.8. The molecule has 0 fully saturated rings. The third-order valence-electron chi connectivity index (χ3n) is 11.5. The monoisotopic (exact) mass is 868 g/mol. The van der Waals surface area contributed by atoms with E-state index in [0.29, 0.717) is 0 Å². The predicted octanol–water partition coefficient (Wildman–Crippen LogP) is 13.3. The van der Waals surface area contributed by atoms with Crippen molar-refractivity contribution in [3.63, 3.8) is 0 Å². The standard InChI is InChI=1S/3C19H31NO/c3*1-18(2,3)12-13-20-17(21)16(19(4,5)6)14-15-10-8-7-9-11-15/h3*7-11,16H,12-14H2,1-6H3,(H,20,21)/t2*16-;/m10./s1. The molecule has 0 saturated heterocycles. The largest absolute Gasteiger partial charge is 0.356 e. The number of carbonyl (C=O) groups is 3. The average molecular weight is 868 g/mol. The second-order valence-corrected chi connectivity index (χ2v) is 24.6. The molecule has 0 bridgehead atoms. The third-order valence-corrected chi connectivity index (χ3v) is 11.5. The maximum absolute atomic E-state index is 12.6. The fourth-order valence-electron chi connectivity index (χ4n) is 6.98. The van der Waals surface area contributed by atoms with Crippen LogP contribution in [0.25, 0.3) is 0 Å². The lowest BCUT2D eigenvalue weighted by molar-refractivity contribution is -0.129. The molecule has 0 aliphatic heterocycles. The average Bonchev–Trinajstić information content (AvgIpc) is 3.14. The SMILES string of the molecule is CC(C)(C)CCNC(=O)C(Cc1ccccc1)C(C)(C)C.CC(C)(C)CCNC(=O)[C@@H](Cc1ccccc1)C(C)(C)C.CC(C)(C)CCNC(=O)[C@H](Cc1ccccc1)C(C)(C)C. The van der Waals surface area contributed by atoms with Gasteiger partial charge in [0, 0.05) is 37.4 Å². The molecule has 1 unspecified atom stereocenters. The van der Waals surface area contributed by atoms with E-state index in [9.17, 15) is 14.4 Å². The molecule has 0 aliphatic rings. The van der Waals surface area contributed by atoms with Crippen LogP contribution in [0.1, 0.15) is 161 Å². The molecule has 3 rings (SSSR count). The van der Waals surface area contributed by atoms with Crippen molar-refractivity contribution in [1.29, 1.82) is 0 Å². The summed E-state index contributed by atoms with van der Waals surface area (Å²) in [6.45, 7) is 41.3. The first-order chi connectivity index (χ1) is 28.8. The number of rotatable bonds is 15. The highest BCUT2D eigenvalue weighted by Gasteiger charge is 2.33. The van der Waals surface area contributed by atoms with E-state index in [0.717, 1.165) is 58.2 Å². The van der Waals surface area contributed by atoms with Crippen molar-refractivity contribution >= 4 is 17.7 Å². The highest BCUT2D eigenvalue weighted by Crippen LogP contribution is 2.32. The van der Waals surface area contributed by atoms with Gasteiger partial charge in [0.1, 0.15) is 0 Å². The van der Waals surface area contributed by atoms with E-state index in [-0.39, 0.29) is 68.0 Å². The van der Waals surface area contributed by atoms with Crippen LogP contribution < -0.4 is 16.0 Å². The zero-order chi connectivity index (χ0) is 48.3. The van der Waals surface area contributed by atoms with Crippen LogP contribution in [0.4, 0.5) is 0 Å². The molecule has 0 aliphatic carbocycles.